The molecule has 0 bridgehead atoms. The average Bonchev–Trinajstić information content (AvgIpc) is 2.73. The van der Waals surface area contributed by atoms with Crippen molar-refractivity contribution in [1.82, 2.24) is 5.32 Å². The van der Waals surface area contributed by atoms with Gasteiger partial charge in [0.15, 0.2) is 0 Å². The molecule has 1 aliphatic rings. The molecule has 0 aliphatic carbocycles. The van der Waals surface area contributed by atoms with Gasteiger partial charge in [-0.3, -0.25) is 4.79 Å². The number of hydrogen-bond donors (Lipinski definition) is 1. The predicted octanol–water partition coefficient (Wildman–Crippen LogP) is 3.81. The molecule has 1 fully saturated rings. The lowest BCUT2D eigenvalue weighted by atomic mass is 9.88. The van der Waals surface area contributed by atoms with Gasteiger partial charge >= 0.3 is 0 Å². The van der Waals surface area contributed by atoms with Gasteiger partial charge in [0, 0.05) is 11.5 Å². The van der Waals surface area contributed by atoms with Crippen molar-refractivity contribution >= 4 is 5.91 Å². The van der Waals surface area contributed by atoms with Gasteiger partial charge in [0.25, 0.3) is 0 Å². The molecule has 0 radical (unpaired) electrons. The first kappa shape index (κ1) is 13.9. The summed E-state index contributed by atoms with van der Waals surface area (Å²) in [5.74, 6) is 0.174. The zero-order chi connectivity index (χ0) is 14.9. The maximum Gasteiger partial charge on any atom is 0.225 e. The van der Waals surface area contributed by atoms with Crippen LogP contribution in [0.4, 0.5) is 0 Å². The van der Waals surface area contributed by atoms with E-state index < -0.39 is 0 Å². The Kier molecular flexibility index (Phi) is 3.54. The second kappa shape index (κ2) is 5.36. The molecule has 2 aromatic rings. The molecule has 1 heterocycles. The molecule has 1 N–H and O–H groups in total. The lowest BCUT2D eigenvalue weighted by molar-refractivity contribution is -0.126. The Morgan fingerprint density at radius 1 is 1.00 bits per heavy atom. The predicted molar refractivity (Wildman–Crippen MR) is 85.9 cm³/mol. The Hall–Kier alpha value is -2.09. The van der Waals surface area contributed by atoms with Crippen LogP contribution in [0.2, 0.25) is 0 Å². The van der Waals surface area contributed by atoms with Gasteiger partial charge in [-0.05, 0) is 29.5 Å². The van der Waals surface area contributed by atoms with Crippen molar-refractivity contribution in [2.75, 3.05) is 0 Å². The van der Waals surface area contributed by atoms with Crippen molar-refractivity contribution in [3.05, 3.63) is 60.2 Å². The molecule has 1 amide bonds. The van der Waals surface area contributed by atoms with Crippen molar-refractivity contribution in [3.63, 3.8) is 0 Å². The fourth-order valence-electron chi connectivity index (χ4n) is 3.01. The molecular weight excluding hydrogens is 258 g/mol. The number of benzene rings is 2. The van der Waals surface area contributed by atoms with Crippen LogP contribution in [0.1, 0.15) is 25.8 Å². The van der Waals surface area contributed by atoms with Crippen molar-refractivity contribution in [2.24, 2.45) is 5.41 Å². The number of hydrogen-bond acceptors (Lipinski definition) is 1. The van der Waals surface area contributed by atoms with Crippen LogP contribution in [0.25, 0.3) is 11.1 Å². The molecule has 1 atom stereocenters. The normalized spacial score (nSPS) is 20.3. The third kappa shape index (κ3) is 2.99. The Balaban J connectivity index is 1.70. The van der Waals surface area contributed by atoms with Gasteiger partial charge in [0.2, 0.25) is 5.91 Å². The number of rotatable bonds is 3. The van der Waals surface area contributed by atoms with E-state index in [9.17, 15) is 4.79 Å². The minimum Gasteiger partial charge on any atom is -0.353 e. The zero-order valence-corrected chi connectivity index (χ0v) is 12.6. The molecule has 2 heteroatoms. The summed E-state index contributed by atoms with van der Waals surface area (Å²) in [7, 11) is 0. The summed E-state index contributed by atoms with van der Waals surface area (Å²) in [5, 5.41) is 3.10. The molecule has 2 nitrogen and oxygen atoms in total. The first-order valence-electron chi connectivity index (χ1n) is 7.50. The van der Waals surface area contributed by atoms with Crippen LogP contribution < -0.4 is 5.32 Å². The minimum absolute atomic E-state index is 0.174. The largest absolute Gasteiger partial charge is 0.353 e. The monoisotopic (exact) mass is 279 g/mol. The third-order valence-electron chi connectivity index (χ3n) is 4.25. The summed E-state index contributed by atoms with van der Waals surface area (Å²) in [4.78, 5) is 11.8. The van der Waals surface area contributed by atoms with Crippen molar-refractivity contribution in [3.8, 4) is 11.1 Å². The highest BCUT2D eigenvalue weighted by molar-refractivity contribution is 5.84. The average molecular weight is 279 g/mol. The fourth-order valence-corrected chi connectivity index (χ4v) is 3.01. The summed E-state index contributed by atoms with van der Waals surface area (Å²) in [5.41, 5.74) is 3.52. The number of nitrogens with one attached hydrogen (secondary N) is 1. The highest BCUT2D eigenvalue weighted by Crippen LogP contribution is 2.30. The topological polar surface area (TPSA) is 29.1 Å². The van der Waals surface area contributed by atoms with Gasteiger partial charge in [0.1, 0.15) is 0 Å². The molecule has 21 heavy (non-hydrogen) atoms. The van der Waals surface area contributed by atoms with E-state index in [2.05, 4.69) is 53.8 Å². The van der Waals surface area contributed by atoms with Crippen molar-refractivity contribution in [2.45, 2.75) is 32.7 Å². The lowest BCUT2D eigenvalue weighted by Gasteiger charge is -2.13. The van der Waals surface area contributed by atoms with E-state index in [1.54, 1.807) is 0 Å². The molecule has 1 aliphatic heterocycles. The maximum absolute atomic E-state index is 11.8. The summed E-state index contributed by atoms with van der Waals surface area (Å²) >= 11 is 0. The molecule has 0 aromatic heterocycles. The highest BCUT2D eigenvalue weighted by Gasteiger charge is 2.38. The molecule has 0 unspecified atom stereocenters. The third-order valence-corrected chi connectivity index (χ3v) is 4.25. The standard InChI is InChI=1S/C19H21NO/c1-19(2)13-17(20-18(19)21)12-14-8-10-16(11-9-14)15-6-4-3-5-7-15/h3-11,17H,12-13H2,1-2H3,(H,20,21)/t17-/m1/s1. The van der Waals surface area contributed by atoms with E-state index in [-0.39, 0.29) is 17.4 Å². The number of amides is 1. The van der Waals surface area contributed by atoms with Crippen LogP contribution in [0.5, 0.6) is 0 Å². The Labute approximate surface area is 126 Å². The second-order valence-corrected chi connectivity index (χ2v) is 6.53. The Bertz CT molecular complexity index is 628. The Morgan fingerprint density at radius 2 is 1.62 bits per heavy atom. The molecule has 0 spiro atoms. The van der Waals surface area contributed by atoms with Crippen LogP contribution in [0.15, 0.2) is 54.6 Å². The van der Waals surface area contributed by atoms with Crippen LogP contribution in [0, 0.1) is 5.41 Å². The van der Waals surface area contributed by atoms with Crippen LogP contribution in [-0.2, 0) is 11.2 Å². The number of carbonyl (C=O) groups excluding carboxylic acids is 1. The van der Waals surface area contributed by atoms with E-state index in [1.165, 1.54) is 16.7 Å². The maximum atomic E-state index is 11.8. The summed E-state index contributed by atoms with van der Waals surface area (Å²) in [6, 6.07) is 19.3. The van der Waals surface area contributed by atoms with E-state index in [0.29, 0.717) is 0 Å². The van der Waals surface area contributed by atoms with E-state index in [4.69, 9.17) is 0 Å². The second-order valence-electron chi connectivity index (χ2n) is 6.53. The van der Waals surface area contributed by atoms with Gasteiger partial charge in [-0.2, -0.15) is 0 Å². The molecular formula is C19H21NO. The smallest absolute Gasteiger partial charge is 0.225 e. The van der Waals surface area contributed by atoms with Crippen molar-refractivity contribution < 1.29 is 4.79 Å². The van der Waals surface area contributed by atoms with E-state index in [0.717, 1.165) is 12.8 Å². The molecule has 2 aromatic carbocycles. The quantitative estimate of drug-likeness (QED) is 0.909. The van der Waals surface area contributed by atoms with Crippen LogP contribution >= 0.6 is 0 Å². The zero-order valence-electron chi connectivity index (χ0n) is 12.6. The fraction of sp³-hybridized carbons (Fsp3) is 0.316. The van der Waals surface area contributed by atoms with Gasteiger partial charge in [0.05, 0.1) is 0 Å². The van der Waals surface area contributed by atoms with Crippen molar-refractivity contribution in [1.29, 1.82) is 0 Å². The van der Waals surface area contributed by atoms with Crippen LogP contribution in [0.3, 0.4) is 0 Å². The number of carbonyl (C=O) groups is 1. The van der Waals surface area contributed by atoms with E-state index in [1.807, 2.05) is 19.9 Å². The lowest BCUT2D eigenvalue weighted by Crippen LogP contribution is -2.29. The van der Waals surface area contributed by atoms with Gasteiger partial charge in [-0.25, -0.2) is 0 Å². The first-order valence-corrected chi connectivity index (χ1v) is 7.50. The minimum atomic E-state index is -0.228. The molecule has 1 saturated heterocycles. The highest BCUT2D eigenvalue weighted by atomic mass is 16.2. The van der Waals surface area contributed by atoms with E-state index >= 15 is 0 Å². The van der Waals surface area contributed by atoms with Gasteiger partial charge < -0.3 is 5.32 Å². The molecule has 0 saturated carbocycles. The van der Waals surface area contributed by atoms with Crippen LogP contribution in [-0.4, -0.2) is 11.9 Å². The summed E-state index contributed by atoms with van der Waals surface area (Å²) in [6.45, 7) is 4.03. The van der Waals surface area contributed by atoms with Gasteiger partial charge in [-0.15, -0.1) is 0 Å². The Morgan fingerprint density at radius 3 is 2.19 bits per heavy atom. The summed E-state index contributed by atoms with van der Waals surface area (Å²) < 4.78 is 0. The first-order chi connectivity index (χ1) is 10.0. The molecule has 108 valence electrons. The summed E-state index contributed by atoms with van der Waals surface area (Å²) in [6.07, 6.45) is 1.82. The SMILES string of the molecule is CC1(C)C[C@@H](Cc2ccc(-c3ccccc3)cc2)NC1=O. The van der Waals surface area contributed by atoms with Gasteiger partial charge in [-0.1, -0.05) is 68.4 Å². The molecule has 3 rings (SSSR count).